The highest BCUT2D eigenvalue weighted by Crippen LogP contribution is 2.38. The standard InChI is InChI=1S/C10H17BO3.C9H7Cl2NO.C5H2Cl3N/c1-9(2)10(3,4)14-11(13-9)8-5-6-12-7-8;10-7-3-8(12-9(11)4-7)6-1-2-13-5-6;6-3-1-4(7)9-5(8)2-3/h5H,6-7H2,1-4H3;1,3-4H,2,5H2;1-2H. The fourth-order valence-corrected chi connectivity index (χ4v) is 4.44. The van der Waals surface area contributed by atoms with E-state index < -0.39 is 0 Å². The minimum atomic E-state index is -0.249. The summed E-state index contributed by atoms with van der Waals surface area (Å²) in [6.07, 6.45) is 4.02. The largest absolute Gasteiger partial charge is 0.492 e. The van der Waals surface area contributed by atoms with Crippen molar-refractivity contribution < 1.29 is 18.8 Å². The summed E-state index contributed by atoms with van der Waals surface area (Å²) in [5, 5.41) is 2.14. The Morgan fingerprint density at radius 3 is 1.64 bits per heavy atom. The minimum absolute atomic E-state index is 0.220. The van der Waals surface area contributed by atoms with Gasteiger partial charge in [0.2, 0.25) is 0 Å². The number of aromatic nitrogens is 2. The molecular weight excluding hydrogens is 568 g/mol. The van der Waals surface area contributed by atoms with E-state index in [0.717, 1.165) is 16.7 Å². The van der Waals surface area contributed by atoms with Crippen LogP contribution in [0.25, 0.3) is 5.57 Å². The summed E-state index contributed by atoms with van der Waals surface area (Å²) in [4.78, 5) is 7.83. The van der Waals surface area contributed by atoms with Gasteiger partial charge in [0.15, 0.2) is 0 Å². The van der Waals surface area contributed by atoms with Crippen LogP contribution >= 0.6 is 58.0 Å². The molecule has 36 heavy (non-hydrogen) atoms. The van der Waals surface area contributed by atoms with E-state index in [2.05, 4.69) is 37.7 Å². The van der Waals surface area contributed by atoms with E-state index >= 15 is 0 Å². The Morgan fingerprint density at radius 2 is 1.19 bits per heavy atom. The van der Waals surface area contributed by atoms with E-state index in [4.69, 9.17) is 76.8 Å². The lowest BCUT2D eigenvalue weighted by Crippen LogP contribution is -2.41. The molecule has 0 aliphatic carbocycles. The highest BCUT2D eigenvalue weighted by atomic mass is 35.5. The Kier molecular flexibility index (Phi) is 10.5. The van der Waals surface area contributed by atoms with Crippen LogP contribution in [0.1, 0.15) is 33.4 Å². The molecule has 12 heteroatoms. The van der Waals surface area contributed by atoms with Crippen LogP contribution in [-0.4, -0.2) is 54.7 Å². The maximum atomic E-state index is 5.88. The number of halogens is 5. The summed E-state index contributed by atoms with van der Waals surface area (Å²) in [7, 11) is -0.220. The molecule has 0 amide bonds. The Hall–Kier alpha value is -0.865. The molecule has 1 fully saturated rings. The molecule has 0 spiro atoms. The molecule has 5 heterocycles. The van der Waals surface area contributed by atoms with E-state index in [9.17, 15) is 0 Å². The predicted octanol–water partition coefficient (Wildman–Crippen LogP) is 7.42. The molecule has 3 aliphatic rings. The molecule has 2 aromatic rings. The highest BCUT2D eigenvalue weighted by molar-refractivity contribution is 6.54. The second-order valence-corrected chi connectivity index (χ2v) is 11.1. The summed E-state index contributed by atoms with van der Waals surface area (Å²) < 4.78 is 22.2. The predicted molar refractivity (Wildman–Crippen MR) is 147 cm³/mol. The van der Waals surface area contributed by atoms with Gasteiger partial charge in [0.05, 0.1) is 43.3 Å². The van der Waals surface area contributed by atoms with Crippen LogP contribution in [0.3, 0.4) is 0 Å². The average Bonchev–Trinajstić information content (AvgIpc) is 3.49. The lowest BCUT2D eigenvalue weighted by atomic mass is 9.79. The summed E-state index contributed by atoms with van der Waals surface area (Å²) in [5.41, 5.74) is 2.46. The number of ether oxygens (including phenoxy) is 2. The minimum Gasteiger partial charge on any atom is -0.400 e. The van der Waals surface area contributed by atoms with Gasteiger partial charge in [-0.2, -0.15) is 0 Å². The van der Waals surface area contributed by atoms with Gasteiger partial charge in [-0.25, -0.2) is 9.97 Å². The van der Waals surface area contributed by atoms with Crippen molar-refractivity contribution in [2.45, 2.75) is 38.9 Å². The highest BCUT2D eigenvalue weighted by Gasteiger charge is 2.52. The summed E-state index contributed by atoms with van der Waals surface area (Å²) in [6.45, 7) is 10.8. The normalized spacial score (nSPS) is 19.6. The first-order valence-corrected chi connectivity index (χ1v) is 13.0. The maximum Gasteiger partial charge on any atom is 0.492 e. The van der Waals surface area contributed by atoms with Crippen LogP contribution < -0.4 is 0 Å². The van der Waals surface area contributed by atoms with Gasteiger partial charge in [0.1, 0.15) is 15.5 Å². The molecule has 0 bridgehead atoms. The van der Waals surface area contributed by atoms with Crippen LogP contribution in [0.4, 0.5) is 0 Å². The van der Waals surface area contributed by atoms with Crippen molar-refractivity contribution in [2.75, 3.05) is 26.4 Å². The van der Waals surface area contributed by atoms with Crippen molar-refractivity contribution in [1.29, 1.82) is 0 Å². The molecule has 3 aliphatic heterocycles. The molecule has 5 rings (SSSR count). The van der Waals surface area contributed by atoms with Gasteiger partial charge in [-0.15, -0.1) is 0 Å². The zero-order valence-corrected chi connectivity index (χ0v) is 24.1. The van der Waals surface area contributed by atoms with Crippen LogP contribution in [0.15, 0.2) is 41.9 Å². The third-order valence-corrected chi connectivity index (χ3v) is 6.83. The van der Waals surface area contributed by atoms with Gasteiger partial charge in [-0.3, -0.25) is 0 Å². The summed E-state index contributed by atoms with van der Waals surface area (Å²) >= 11 is 28.1. The van der Waals surface area contributed by atoms with Gasteiger partial charge in [0.25, 0.3) is 0 Å². The van der Waals surface area contributed by atoms with Crippen molar-refractivity contribution in [3.05, 3.63) is 73.1 Å². The molecule has 0 saturated carbocycles. The molecule has 0 N–H and O–H groups in total. The van der Waals surface area contributed by atoms with Crippen LogP contribution in [0, 0.1) is 0 Å². The number of hydrogen-bond donors (Lipinski definition) is 0. The van der Waals surface area contributed by atoms with E-state index in [1.807, 2.05) is 12.2 Å². The number of rotatable bonds is 2. The molecule has 1 saturated heterocycles. The molecule has 0 unspecified atom stereocenters. The second-order valence-electron chi connectivity index (χ2n) is 9.05. The van der Waals surface area contributed by atoms with Crippen molar-refractivity contribution in [3.63, 3.8) is 0 Å². The molecule has 0 atom stereocenters. The second kappa shape index (κ2) is 12.8. The fraction of sp³-hybridized carbons (Fsp3) is 0.417. The van der Waals surface area contributed by atoms with E-state index in [1.54, 1.807) is 12.1 Å². The van der Waals surface area contributed by atoms with Crippen molar-refractivity contribution in [3.8, 4) is 0 Å². The molecule has 194 valence electrons. The smallest absolute Gasteiger partial charge is 0.400 e. The SMILES string of the molecule is CC1(C)OB(C2=CCOC2)OC1(C)C.Clc1cc(Cl)nc(C2=CCOC2)c1.Clc1cc(Cl)nc(Cl)c1. The monoisotopic (exact) mass is 592 g/mol. The van der Waals surface area contributed by atoms with Crippen molar-refractivity contribution in [1.82, 2.24) is 9.97 Å². The molecule has 2 aromatic heterocycles. The van der Waals surface area contributed by atoms with E-state index in [-0.39, 0.29) is 18.3 Å². The quantitative estimate of drug-likeness (QED) is 0.267. The number of nitrogens with zero attached hydrogens (tertiary/aromatic N) is 2. The summed E-state index contributed by atoms with van der Waals surface area (Å²) in [6, 6.07) is 6.45. The first-order chi connectivity index (χ1) is 16.9. The molecule has 0 aromatic carbocycles. The lowest BCUT2D eigenvalue weighted by Gasteiger charge is -2.32. The van der Waals surface area contributed by atoms with E-state index in [0.29, 0.717) is 51.9 Å². The van der Waals surface area contributed by atoms with Gasteiger partial charge in [0, 0.05) is 15.6 Å². The van der Waals surface area contributed by atoms with Crippen LogP contribution in [-0.2, 0) is 18.8 Å². The van der Waals surface area contributed by atoms with Crippen LogP contribution in [0.5, 0.6) is 0 Å². The number of pyridine rings is 2. The topological polar surface area (TPSA) is 62.7 Å². The first-order valence-electron chi connectivity index (χ1n) is 11.1. The van der Waals surface area contributed by atoms with Crippen molar-refractivity contribution in [2.24, 2.45) is 0 Å². The first kappa shape index (κ1) is 29.7. The van der Waals surface area contributed by atoms with Crippen molar-refractivity contribution >= 4 is 70.7 Å². The fourth-order valence-electron chi connectivity index (χ4n) is 3.19. The van der Waals surface area contributed by atoms with Gasteiger partial charge < -0.3 is 18.8 Å². The Balaban J connectivity index is 0.000000154. The van der Waals surface area contributed by atoms with Crippen LogP contribution in [0.2, 0.25) is 25.5 Å². The van der Waals surface area contributed by atoms with E-state index in [1.165, 1.54) is 12.1 Å². The molecular formula is C24H26BCl5N2O4. The lowest BCUT2D eigenvalue weighted by molar-refractivity contribution is 0.00578. The Labute approximate surface area is 237 Å². The molecule has 0 radical (unpaired) electrons. The van der Waals surface area contributed by atoms with Gasteiger partial charge in [-0.1, -0.05) is 70.2 Å². The Bertz CT molecular complexity index is 1060. The zero-order valence-electron chi connectivity index (χ0n) is 20.3. The number of hydrogen-bond acceptors (Lipinski definition) is 6. The van der Waals surface area contributed by atoms with Gasteiger partial charge >= 0.3 is 7.12 Å². The third kappa shape index (κ3) is 8.32. The maximum absolute atomic E-state index is 5.88. The Morgan fingerprint density at radius 1 is 0.694 bits per heavy atom. The molecule has 6 nitrogen and oxygen atoms in total. The van der Waals surface area contributed by atoms with Gasteiger partial charge in [-0.05, 0) is 57.4 Å². The third-order valence-electron chi connectivity index (χ3n) is 5.81. The zero-order chi connectivity index (χ0) is 26.5. The average molecular weight is 595 g/mol. The summed E-state index contributed by atoms with van der Waals surface area (Å²) in [5.74, 6) is 0.